The molecule has 0 saturated carbocycles. The van der Waals surface area contributed by atoms with Crippen molar-refractivity contribution in [3.05, 3.63) is 52.3 Å². The van der Waals surface area contributed by atoms with E-state index in [-0.39, 0.29) is 5.91 Å². The van der Waals surface area contributed by atoms with Crippen molar-refractivity contribution in [1.82, 2.24) is 10.3 Å². The summed E-state index contributed by atoms with van der Waals surface area (Å²) in [6.07, 6.45) is 6.59. The van der Waals surface area contributed by atoms with E-state index in [0.29, 0.717) is 12.1 Å². The van der Waals surface area contributed by atoms with Crippen LogP contribution in [-0.2, 0) is 0 Å². The van der Waals surface area contributed by atoms with Crippen LogP contribution in [0, 0.1) is 6.92 Å². The lowest BCUT2D eigenvalue weighted by atomic mass is 10.2. The number of rotatable bonds is 7. The maximum absolute atomic E-state index is 12.1. The lowest BCUT2D eigenvalue weighted by Gasteiger charge is -2.11. The van der Waals surface area contributed by atoms with E-state index in [9.17, 15) is 4.79 Å². The van der Waals surface area contributed by atoms with Crippen LogP contribution in [0.15, 0.2) is 41.1 Å². The third kappa shape index (κ3) is 5.36. The third-order valence-corrected chi connectivity index (χ3v) is 4.03. The van der Waals surface area contributed by atoms with E-state index in [2.05, 4.69) is 38.5 Å². The van der Waals surface area contributed by atoms with Gasteiger partial charge in [0.25, 0.3) is 5.91 Å². The summed E-state index contributed by atoms with van der Waals surface area (Å²) < 4.78 is 1.04. The molecule has 0 aliphatic carbocycles. The SMILES string of the molecule is CCCCCNC(=O)c1cncc(Nc2ccc(Br)cc2C)c1. The van der Waals surface area contributed by atoms with Crippen LogP contribution in [0.2, 0.25) is 0 Å². The number of nitrogens with one attached hydrogen (secondary N) is 2. The molecule has 2 N–H and O–H groups in total. The molecule has 23 heavy (non-hydrogen) atoms. The summed E-state index contributed by atoms with van der Waals surface area (Å²) in [5, 5.41) is 6.24. The molecule has 1 aromatic carbocycles. The topological polar surface area (TPSA) is 54.0 Å². The number of anilines is 2. The number of aromatic nitrogens is 1. The fraction of sp³-hybridized carbons (Fsp3) is 0.333. The zero-order valence-corrected chi connectivity index (χ0v) is 15.1. The van der Waals surface area contributed by atoms with Gasteiger partial charge in [-0.25, -0.2) is 0 Å². The molecule has 0 unspecified atom stereocenters. The molecule has 4 nitrogen and oxygen atoms in total. The highest BCUT2D eigenvalue weighted by Crippen LogP contribution is 2.23. The zero-order valence-electron chi connectivity index (χ0n) is 13.5. The summed E-state index contributed by atoms with van der Waals surface area (Å²) in [7, 11) is 0. The van der Waals surface area contributed by atoms with Crippen LogP contribution < -0.4 is 10.6 Å². The second-order valence-electron chi connectivity index (χ2n) is 5.51. The van der Waals surface area contributed by atoms with Gasteiger partial charge in [0.05, 0.1) is 17.4 Å². The summed E-state index contributed by atoms with van der Waals surface area (Å²) in [5.74, 6) is -0.0789. The van der Waals surface area contributed by atoms with E-state index in [1.807, 2.05) is 31.2 Å². The van der Waals surface area contributed by atoms with Crippen LogP contribution in [-0.4, -0.2) is 17.4 Å². The second-order valence-corrected chi connectivity index (χ2v) is 6.43. The third-order valence-electron chi connectivity index (χ3n) is 3.53. The van der Waals surface area contributed by atoms with Gasteiger partial charge in [-0.15, -0.1) is 0 Å². The molecule has 1 aromatic heterocycles. The molecule has 0 aliphatic heterocycles. The Kier molecular flexibility index (Phi) is 6.59. The van der Waals surface area contributed by atoms with Crippen molar-refractivity contribution >= 4 is 33.2 Å². The van der Waals surface area contributed by atoms with E-state index in [1.165, 1.54) is 0 Å². The Morgan fingerprint density at radius 2 is 2.04 bits per heavy atom. The van der Waals surface area contributed by atoms with Crippen molar-refractivity contribution in [2.45, 2.75) is 33.1 Å². The Balaban J connectivity index is 2.03. The minimum Gasteiger partial charge on any atom is -0.354 e. The first-order valence-corrected chi connectivity index (χ1v) is 8.66. The highest BCUT2D eigenvalue weighted by atomic mass is 79.9. The fourth-order valence-corrected chi connectivity index (χ4v) is 2.71. The normalized spacial score (nSPS) is 10.4. The van der Waals surface area contributed by atoms with E-state index >= 15 is 0 Å². The number of carbonyl (C=O) groups excluding carboxylic acids is 1. The molecule has 0 radical (unpaired) electrons. The van der Waals surface area contributed by atoms with Gasteiger partial charge in [0.2, 0.25) is 0 Å². The molecule has 2 aromatic rings. The second kappa shape index (κ2) is 8.67. The number of nitrogens with zero attached hydrogens (tertiary/aromatic N) is 1. The van der Waals surface area contributed by atoms with Gasteiger partial charge in [-0.1, -0.05) is 35.7 Å². The predicted molar refractivity (Wildman–Crippen MR) is 98.3 cm³/mol. The maximum atomic E-state index is 12.1. The number of hydrogen-bond donors (Lipinski definition) is 2. The van der Waals surface area contributed by atoms with Crippen molar-refractivity contribution in [3.8, 4) is 0 Å². The van der Waals surface area contributed by atoms with Crippen LogP contribution in [0.3, 0.4) is 0 Å². The van der Waals surface area contributed by atoms with Gasteiger partial charge >= 0.3 is 0 Å². The van der Waals surface area contributed by atoms with Gasteiger partial charge in [0, 0.05) is 22.9 Å². The summed E-state index contributed by atoms with van der Waals surface area (Å²) in [4.78, 5) is 16.3. The van der Waals surface area contributed by atoms with Gasteiger partial charge in [0.1, 0.15) is 0 Å². The van der Waals surface area contributed by atoms with Crippen molar-refractivity contribution in [2.24, 2.45) is 0 Å². The summed E-state index contributed by atoms with van der Waals surface area (Å²) in [6.45, 7) is 4.88. The standard InChI is InChI=1S/C18H22BrN3O/c1-3-4-5-8-21-18(23)14-10-16(12-20-11-14)22-17-7-6-15(19)9-13(17)2/h6-7,9-12,22H,3-5,8H2,1-2H3,(H,21,23). The zero-order chi connectivity index (χ0) is 16.7. The van der Waals surface area contributed by atoms with E-state index in [0.717, 1.165) is 40.7 Å². The van der Waals surface area contributed by atoms with Gasteiger partial charge in [-0.3, -0.25) is 9.78 Å². The molecule has 0 fully saturated rings. The lowest BCUT2D eigenvalue weighted by Crippen LogP contribution is -2.24. The Morgan fingerprint density at radius 3 is 2.78 bits per heavy atom. The van der Waals surface area contributed by atoms with Crippen LogP contribution in [0.4, 0.5) is 11.4 Å². The summed E-state index contributed by atoms with van der Waals surface area (Å²) in [6, 6.07) is 7.84. The van der Waals surface area contributed by atoms with Crippen LogP contribution in [0.1, 0.15) is 42.1 Å². The molecule has 1 amide bonds. The molecule has 0 atom stereocenters. The lowest BCUT2D eigenvalue weighted by molar-refractivity contribution is 0.0952. The summed E-state index contributed by atoms with van der Waals surface area (Å²) in [5.41, 5.74) is 3.49. The van der Waals surface area contributed by atoms with E-state index in [4.69, 9.17) is 0 Å². The number of hydrogen-bond acceptors (Lipinski definition) is 3. The number of pyridine rings is 1. The average molecular weight is 376 g/mol. The minimum absolute atomic E-state index is 0.0789. The summed E-state index contributed by atoms with van der Waals surface area (Å²) >= 11 is 3.45. The smallest absolute Gasteiger partial charge is 0.252 e. The van der Waals surface area contributed by atoms with Crippen molar-refractivity contribution < 1.29 is 4.79 Å². The van der Waals surface area contributed by atoms with Crippen LogP contribution in [0.5, 0.6) is 0 Å². The Hall–Kier alpha value is -1.88. The molecule has 2 rings (SSSR count). The molecule has 5 heteroatoms. The van der Waals surface area contributed by atoms with E-state index in [1.54, 1.807) is 12.4 Å². The number of amides is 1. The van der Waals surface area contributed by atoms with E-state index < -0.39 is 0 Å². The fourth-order valence-electron chi connectivity index (χ4n) is 2.23. The molecule has 122 valence electrons. The molecule has 1 heterocycles. The quantitative estimate of drug-likeness (QED) is 0.682. The van der Waals surface area contributed by atoms with Gasteiger partial charge in [0.15, 0.2) is 0 Å². The number of halogens is 1. The predicted octanol–water partition coefficient (Wildman–Crippen LogP) is 4.82. The minimum atomic E-state index is -0.0789. The first-order valence-electron chi connectivity index (χ1n) is 7.86. The van der Waals surface area contributed by atoms with Crippen LogP contribution >= 0.6 is 15.9 Å². The molecule has 0 aliphatic rings. The number of carbonyl (C=O) groups is 1. The van der Waals surface area contributed by atoms with Crippen LogP contribution in [0.25, 0.3) is 0 Å². The molecule has 0 spiro atoms. The van der Waals surface area contributed by atoms with Crippen molar-refractivity contribution in [2.75, 3.05) is 11.9 Å². The van der Waals surface area contributed by atoms with Crippen molar-refractivity contribution in [1.29, 1.82) is 0 Å². The average Bonchev–Trinajstić information content (AvgIpc) is 2.54. The number of aryl methyl sites for hydroxylation is 1. The molecular weight excluding hydrogens is 354 g/mol. The molecule has 0 bridgehead atoms. The highest BCUT2D eigenvalue weighted by Gasteiger charge is 2.07. The Labute approximate surface area is 145 Å². The first-order chi connectivity index (χ1) is 11.1. The maximum Gasteiger partial charge on any atom is 0.252 e. The number of unbranched alkanes of at least 4 members (excludes halogenated alkanes) is 2. The number of benzene rings is 1. The Bertz CT molecular complexity index is 673. The van der Waals surface area contributed by atoms with Crippen molar-refractivity contribution in [3.63, 3.8) is 0 Å². The first kappa shape index (κ1) is 17.5. The molecular formula is C18H22BrN3O. The van der Waals surface area contributed by atoms with Gasteiger partial charge < -0.3 is 10.6 Å². The van der Waals surface area contributed by atoms with Gasteiger partial charge in [-0.05, 0) is 43.2 Å². The van der Waals surface area contributed by atoms with Gasteiger partial charge in [-0.2, -0.15) is 0 Å². The highest BCUT2D eigenvalue weighted by molar-refractivity contribution is 9.10. The largest absolute Gasteiger partial charge is 0.354 e. The molecule has 0 saturated heterocycles. The monoisotopic (exact) mass is 375 g/mol. The Morgan fingerprint density at radius 1 is 1.22 bits per heavy atom.